The van der Waals surface area contributed by atoms with Gasteiger partial charge in [0.05, 0.1) is 10.7 Å². The minimum absolute atomic E-state index is 0.609. The fourth-order valence-electron chi connectivity index (χ4n) is 1.50. The Bertz CT molecular complexity index is 542. The van der Waals surface area contributed by atoms with Gasteiger partial charge in [-0.2, -0.15) is 4.98 Å². The molecule has 0 aliphatic heterocycles. The second kappa shape index (κ2) is 5.69. The molecule has 0 unspecified atom stereocenters. The third-order valence-corrected chi connectivity index (χ3v) is 2.76. The van der Waals surface area contributed by atoms with Gasteiger partial charge in [-0.15, -0.1) is 0 Å². The van der Waals surface area contributed by atoms with E-state index in [-0.39, 0.29) is 0 Å². The van der Waals surface area contributed by atoms with E-state index in [0.29, 0.717) is 11.0 Å². The fourth-order valence-corrected chi connectivity index (χ4v) is 1.68. The van der Waals surface area contributed by atoms with Crippen LogP contribution in [0.25, 0.3) is 0 Å². The number of halogens is 1. The Labute approximate surface area is 111 Å². The van der Waals surface area contributed by atoms with Crippen LogP contribution in [0.4, 0.5) is 17.5 Å². The van der Waals surface area contributed by atoms with Gasteiger partial charge >= 0.3 is 0 Å². The van der Waals surface area contributed by atoms with Gasteiger partial charge in [0.15, 0.2) is 0 Å². The summed E-state index contributed by atoms with van der Waals surface area (Å²) >= 11 is 6.11. The molecule has 1 heterocycles. The quantitative estimate of drug-likeness (QED) is 0.884. The van der Waals surface area contributed by atoms with Gasteiger partial charge in [-0.25, -0.2) is 4.98 Å². The third-order valence-electron chi connectivity index (χ3n) is 2.43. The summed E-state index contributed by atoms with van der Waals surface area (Å²) < 4.78 is 0. The lowest BCUT2D eigenvalue weighted by Crippen LogP contribution is -2.05. The molecule has 0 aliphatic rings. The monoisotopic (exact) mass is 262 g/mol. The zero-order chi connectivity index (χ0) is 13.0. The zero-order valence-corrected chi connectivity index (χ0v) is 11.1. The number of benzene rings is 1. The van der Waals surface area contributed by atoms with Gasteiger partial charge in [-0.1, -0.05) is 23.7 Å². The standard InChI is InChI=1S/C13H15ClN4/c1-3-15-13-16-8-9(2)12(18-13)17-11-7-5-4-6-10(11)14/h4-8H,3H2,1-2H3,(H2,15,16,17,18). The molecule has 0 fully saturated rings. The molecule has 4 nitrogen and oxygen atoms in total. The van der Waals surface area contributed by atoms with E-state index in [1.165, 1.54) is 0 Å². The number of para-hydroxylation sites is 1. The van der Waals surface area contributed by atoms with Crippen LogP contribution in [0, 0.1) is 6.92 Å². The Balaban J connectivity index is 2.28. The largest absolute Gasteiger partial charge is 0.354 e. The van der Waals surface area contributed by atoms with Crippen LogP contribution in [0.1, 0.15) is 12.5 Å². The number of nitrogens with one attached hydrogen (secondary N) is 2. The summed E-state index contributed by atoms with van der Waals surface area (Å²) in [6, 6.07) is 7.57. The average Bonchev–Trinajstić information content (AvgIpc) is 2.36. The van der Waals surface area contributed by atoms with Crippen molar-refractivity contribution in [2.45, 2.75) is 13.8 Å². The molecule has 1 aromatic heterocycles. The number of anilines is 3. The predicted octanol–water partition coefficient (Wildman–Crippen LogP) is 3.61. The summed E-state index contributed by atoms with van der Waals surface area (Å²) in [5.74, 6) is 1.37. The topological polar surface area (TPSA) is 49.8 Å². The van der Waals surface area contributed by atoms with Gasteiger partial charge in [-0.05, 0) is 26.0 Å². The molecule has 0 amide bonds. The minimum atomic E-state index is 0.609. The highest BCUT2D eigenvalue weighted by atomic mass is 35.5. The van der Waals surface area contributed by atoms with Crippen molar-refractivity contribution < 1.29 is 0 Å². The normalized spacial score (nSPS) is 10.2. The van der Waals surface area contributed by atoms with Crippen LogP contribution < -0.4 is 10.6 Å². The van der Waals surface area contributed by atoms with Crippen molar-refractivity contribution in [2.75, 3.05) is 17.2 Å². The van der Waals surface area contributed by atoms with Crippen LogP contribution >= 0.6 is 11.6 Å². The van der Waals surface area contributed by atoms with E-state index in [2.05, 4.69) is 20.6 Å². The van der Waals surface area contributed by atoms with Crippen LogP contribution in [0.15, 0.2) is 30.5 Å². The number of aromatic nitrogens is 2. The molecule has 5 heteroatoms. The molecule has 0 saturated heterocycles. The van der Waals surface area contributed by atoms with Gasteiger partial charge < -0.3 is 10.6 Å². The highest BCUT2D eigenvalue weighted by Crippen LogP contribution is 2.25. The van der Waals surface area contributed by atoms with E-state index >= 15 is 0 Å². The van der Waals surface area contributed by atoms with E-state index in [1.807, 2.05) is 38.1 Å². The second-order valence-electron chi connectivity index (χ2n) is 3.86. The van der Waals surface area contributed by atoms with E-state index < -0.39 is 0 Å². The maximum Gasteiger partial charge on any atom is 0.224 e. The lowest BCUT2D eigenvalue weighted by atomic mass is 10.3. The molecule has 0 radical (unpaired) electrons. The maximum absolute atomic E-state index is 6.11. The van der Waals surface area contributed by atoms with Crippen LogP contribution in [0.2, 0.25) is 5.02 Å². The molecule has 94 valence electrons. The van der Waals surface area contributed by atoms with Gasteiger partial charge in [0.25, 0.3) is 0 Å². The first-order chi connectivity index (χ1) is 8.70. The van der Waals surface area contributed by atoms with Crippen LogP contribution in [0.5, 0.6) is 0 Å². The van der Waals surface area contributed by atoms with E-state index in [0.717, 1.165) is 23.6 Å². The Morgan fingerprint density at radius 1 is 1.28 bits per heavy atom. The highest BCUT2D eigenvalue weighted by Gasteiger charge is 2.05. The number of hydrogen-bond donors (Lipinski definition) is 2. The van der Waals surface area contributed by atoms with Crippen molar-refractivity contribution in [1.82, 2.24) is 9.97 Å². The van der Waals surface area contributed by atoms with Crippen molar-refractivity contribution in [2.24, 2.45) is 0 Å². The fraction of sp³-hybridized carbons (Fsp3) is 0.231. The molecule has 18 heavy (non-hydrogen) atoms. The molecule has 0 saturated carbocycles. The Kier molecular flexibility index (Phi) is 3.99. The zero-order valence-electron chi connectivity index (χ0n) is 10.4. The molecule has 2 N–H and O–H groups in total. The summed E-state index contributed by atoms with van der Waals surface area (Å²) in [6.07, 6.45) is 1.78. The summed E-state index contributed by atoms with van der Waals surface area (Å²) in [5, 5.41) is 6.96. The lowest BCUT2D eigenvalue weighted by molar-refractivity contribution is 1.07. The smallest absolute Gasteiger partial charge is 0.224 e. The van der Waals surface area contributed by atoms with E-state index in [9.17, 15) is 0 Å². The Hall–Kier alpha value is -1.81. The Morgan fingerprint density at radius 2 is 2.06 bits per heavy atom. The number of nitrogens with zero attached hydrogens (tertiary/aromatic N) is 2. The number of aryl methyl sites for hydroxylation is 1. The average molecular weight is 263 g/mol. The van der Waals surface area contributed by atoms with Gasteiger partial charge in [0, 0.05) is 18.3 Å². The van der Waals surface area contributed by atoms with Crippen molar-refractivity contribution >= 4 is 29.1 Å². The van der Waals surface area contributed by atoms with Crippen LogP contribution in [-0.2, 0) is 0 Å². The van der Waals surface area contributed by atoms with Crippen molar-refractivity contribution in [1.29, 1.82) is 0 Å². The number of rotatable bonds is 4. The van der Waals surface area contributed by atoms with Crippen LogP contribution in [-0.4, -0.2) is 16.5 Å². The molecule has 0 aliphatic carbocycles. The summed E-state index contributed by atoms with van der Waals surface area (Å²) in [5.41, 5.74) is 1.81. The summed E-state index contributed by atoms with van der Waals surface area (Å²) in [7, 11) is 0. The summed E-state index contributed by atoms with van der Waals surface area (Å²) in [6.45, 7) is 4.74. The van der Waals surface area contributed by atoms with Crippen LogP contribution in [0.3, 0.4) is 0 Å². The Morgan fingerprint density at radius 3 is 2.78 bits per heavy atom. The van der Waals surface area contributed by atoms with Crippen molar-refractivity contribution in [3.63, 3.8) is 0 Å². The van der Waals surface area contributed by atoms with E-state index in [4.69, 9.17) is 11.6 Å². The SMILES string of the molecule is CCNc1ncc(C)c(Nc2ccccc2Cl)n1. The van der Waals surface area contributed by atoms with Gasteiger partial charge in [0.2, 0.25) is 5.95 Å². The number of hydrogen-bond acceptors (Lipinski definition) is 4. The maximum atomic E-state index is 6.11. The molecule has 1 aromatic carbocycles. The summed E-state index contributed by atoms with van der Waals surface area (Å²) in [4.78, 5) is 8.60. The molecule has 2 aromatic rings. The highest BCUT2D eigenvalue weighted by molar-refractivity contribution is 6.33. The van der Waals surface area contributed by atoms with Gasteiger partial charge in [-0.3, -0.25) is 0 Å². The lowest BCUT2D eigenvalue weighted by Gasteiger charge is -2.11. The van der Waals surface area contributed by atoms with Gasteiger partial charge in [0.1, 0.15) is 5.82 Å². The van der Waals surface area contributed by atoms with E-state index in [1.54, 1.807) is 6.20 Å². The van der Waals surface area contributed by atoms with Crippen molar-refractivity contribution in [3.8, 4) is 0 Å². The molecule has 2 rings (SSSR count). The third kappa shape index (κ3) is 2.90. The predicted molar refractivity (Wildman–Crippen MR) is 75.7 cm³/mol. The first-order valence-electron chi connectivity index (χ1n) is 5.79. The molecular weight excluding hydrogens is 248 g/mol. The second-order valence-corrected chi connectivity index (χ2v) is 4.27. The molecular formula is C13H15ClN4. The first kappa shape index (κ1) is 12.6. The molecule has 0 bridgehead atoms. The first-order valence-corrected chi connectivity index (χ1v) is 6.17. The van der Waals surface area contributed by atoms with Crippen molar-refractivity contribution in [3.05, 3.63) is 41.0 Å². The molecule has 0 spiro atoms. The minimum Gasteiger partial charge on any atom is -0.354 e. The molecule has 0 atom stereocenters.